The fourth-order valence-electron chi connectivity index (χ4n) is 1.42. The molecule has 4 heteroatoms. The zero-order valence-corrected chi connectivity index (χ0v) is 9.16. The lowest BCUT2D eigenvalue weighted by Crippen LogP contribution is -2.25. The van der Waals surface area contributed by atoms with Crippen LogP contribution in [0, 0.1) is 11.7 Å². The van der Waals surface area contributed by atoms with Crippen LogP contribution in [-0.4, -0.2) is 9.55 Å². The quantitative estimate of drug-likeness (QED) is 0.700. The molecule has 1 aromatic rings. The van der Waals surface area contributed by atoms with Crippen LogP contribution in [0.5, 0.6) is 0 Å². The van der Waals surface area contributed by atoms with Crippen LogP contribution in [0.15, 0.2) is 4.79 Å². The zero-order chi connectivity index (χ0) is 10.2. The number of aromatic nitrogens is 2. The number of hydrogen-bond acceptors (Lipinski definition) is 2. The average molecular weight is 198 g/mol. The van der Waals surface area contributed by atoms with Gasteiger partial charge in [-0.15, -0.1) is 0 Å². The lowest BCUT2D eigenvalue weighted by molar-refractivity contribution is 0.729. The standard InChI is InChI=1S/C9H14N2OS/c1-5(2)7-6(3)10-9(13)11(4)8(7)12/h5H,1-4H3,(H,10,13). The summed E-state index contributed by atoms with van der Waals surface area (Å²) in [5.74, 6) is 0.227. The highest BCUT2D eigenvalue weighted by Crippen LogP contribution is 2.11. The second-order valence-corrected chi connectivity index (χ2v) is 3.87. The lowest BCUT2D eigenvalue weighted by Gasteiger charge is -2.10. The first-order valence-electron chi connectivity index (χ1n) is 4.25. The van der Waals surface area contributed by atoms with E-state index in [1.165, 1.54) is 4.57 Å². The van der Waals surface area contributed by atoms with E-state index >= 15 is 0 Å². The van der Waals surface area contributed by atoms with Gasteiger partial charge in [-0.2, -0.15) is 0 Å². The zero-order valence-electron chi connectivity index (χ0n) is 8.34. The molecule has 13 heavy (non-hydrogen) atoms. The molecule has 0 atom stereocenters. The number of aromatic amines is 1. The molecule has 0 aliphatic carbocycles. The number of nitrogens with zero attached hydrogens (tertiary/aromatic N) is 1. The summed E-state index contributed by atoms with van der Waals surface area (Å²) in [6, 6.07) is 0. The third-order valence-corrected chi connectivity index (χ3v) is 2.49. The summed E-state index contributed by atoms with van der Waals surface area (Å²) in [5, 5.41) is 0. The molecule has 0 aliphatic heterocycles. The molecule has 72 valence electrons. The predicted octanol–water partition coefficient (Wildman–Crippen LogP) is 1.87. The van der Waals surface area contributed by atoms with E-state index in [0.29, 0.717) is 4.77 Å². The fraction of sp³-hybridized carbons (Fsp3) is 0.556. The topological polar surface area (TPSA) is 37.8 Å². The molecule has 1 heterocycles. The molecule has 1 N–H and O–H groups in total. The summed E-state index contributed by atoms with van der Waals surface area (Å²) >= 11 is 4.98. The van der Waals surface area contributed by atoms with E-state index in [-0.39, 0.29) is 11.5 Å². The molecule has 0 saturated carbocycles. The van der Waals surface area contributed by atoms with Gasteiger partial charge in [0.05, 0.1) is 0 Å². The number of hydrogen-bond donors (Lipinski definition) is 1. The van der Waals surface area contributed by atoms with Gasteiger partial charge in [-0.1, -0.05) is 13.8 Å². The largest absolute Gasteiger partial charge is 0.336 e. The summed E-state index contributed by atoms with van der Waals surface area (Å²) in [7, 11) is 1.69. The maximum Gasteiger partial charge on any atom is 0.257 e. The number of aryl methyl sites for hydroxylation is 1. The van der Waals surface area contributed by atoms with E-state index in [0.717, 1.165) is 11.3 Å². The van der Waals surface area contributed by atoms with Crippen LogP contribution in [-0.2, 0) is 7.05 Å². The average Bonchev–Trinajstić information content (AvgIpc) is 1.99. The van der Waals surface area contributed by atoms with Crippen molar-refractivity contribution in [2.24, 2.45) is 7.05 Å². The number of rotatable bonds is 1. The van der Waals surface area contributed by atoms with Crippen LogP contribution in [0.2, 0.25) is 0 Å². The van der Waals surface area contributed by atoms with Crippen LogP contribution >= 0.6 is 12.2 Å². The fourth-order valence-corrected chi connectivity index (χ4v) is 1.66. The Morgan fingerprint density at radius 1 is 1.46 bits per heavy atom. The molecule has 0 radical (unpaired) electrons. The molecule has 1 rings (SSSR count). The van der Waals surface area contributed by atoms with E-state index in [1.807, 2.05) is 20.8 Å². The van der Waals surface area contributed by atoms with Crippen LogP contribution in [0.1, 0.15) is 31.0 Å². The summed E-state index contributed by atoms with van der Waals surface area (Å²) in [4.78, 5) is 14.7. The first-order valence-corrected chi connectivity index (χ1v) is 4.65. The van der Waals surface area contributed by atoms with Gasteiger partial charge in [0.15, 0.2) is 4.77 Å². The summed E-state index contributed by atoms with van der Waals surface area (Å²) in [6.07, 6.45) is 0. The molecular formula is C9H14N2OS. The van der Waals surface area contributed by atoms with Gasteiger partial charge in [0.1, 0.15) is 0 Å². The second-order valence-electron chi connectivity index (χ2n) is 3.49. The summed E-state index contributed by atoms with van der Waals surface area (Å²) < 4.78 is 1.95. The van der Waals surface area contributed by atoms with Crippen molar-refractivity contribution in [3.63, 3.8) is 0 Å². The van der Waals surface area contributed by atoms with Crippen LogP contribution in [0.25, 0.3) is 0 Å². The molecule has 0 aliphatic rings. The first-order chi connectivity index (χ1) is 5.95. The Hall–Kier alpha value is -0.900. The van der Waals surface area contributed by atoms with Crippen molar-refractivity contribution in [2.75, 3.05) is 0 Å². The van der Waals surface area contributed by atoms with Gasteiger partial charge in [0.25, 0.3) is 5.56 Å². The minimum absolute atomic E-state index is 0.0104. The minimum atomic E-state index is 0.0104. The third-order valence-electron chi connectivity index (χ3n) is 2.12. The number of nitrogens with one attached hydrogen (secondary N) is 1. The van der Waals surface area contributed by atoms with Gasteiger partial charge >= 0.3 is 0 Å². The maximum absolute atomic E-state index is 11.7. The molecule has 3 nitrogen and oxygen atoms in total. The van der Waals surface area contributed by atoms with Gasteiger partial charge in [0.2, 0.25) is 0 Å². The number of H-pyrrole nitrogens is 1. The van der Waals surface area contributed by atoms with Gasteiger partial charge in [-0.05, 0) is 25.1 Å². The van der Waals surface area contributed by atoms with Crippen molar-refractivity contribution in [3.05, 3.63) is 26.4 Å². The predicted molar refractivity (Wildman–Crippen MR) is 55.7 cm³/mol. The van der Waals surface area contributed by atoms with Gasteiger partial charge in [-0.3, -0.25) is 9.36 Å². The normalized spacial score (nSPS) is 10.8. The van der Waals surface area contributed by atoms with E-state index in [9.17, 15) is 4.79 Å². The van der Waals surface area contributed by atoms with E-state index in [2.05, 4.69) is 4.98 Å². The highest BCUT2D eigenvalue weighted by molar-refractivity contribution is 7.71. The monoisotopic (exact) mass is 198 g/mol. The Morgan fingerprint density at radius 3 is 2.46 bits per heavy atom. The molecule has 0 bridgehead atoms. The Labute approximate surface area is 82.4 Å². The van der Waals surface area contributed by atoms with Crippen molar-refractivity contribution in [1.29, 1.82) is 0 Å². The van der Waals surface area contributed by atoms with E-state index in [1.54, 1.807) is 7.05 Å². The third kappa shape index (κ3) is 1.72. The molecule has 0 amide bonds. The van der Waals surface area contributed by atoms with Crippen LogP contribution < -0.4 is 5.56 Å². The van der Waals surface area contributed by atoms with Crippen molar-refractivity contribution >= 4 is 12.2 Å². The van der Waals surface area contributed by atoms with Crippen LogP contribution in [0.3, 0.4) is 0 Å². The van der Waals surface area contributed by atoms with Crippen molar-refractivity contribution < 1.29 is 0 Å². The minimum Gasteiger partial charge on any atom is -0.336 e. The Morgan fingerprint density at radius 2 is 2.00 bits per heavy atom. The molecule has 0 unspecified atom stereocenters. The smallest absolute Gasteiger partial charge is 0.257 e. The second kappa shape index (κ2) is 3.46. The molecule has 1 aromatic heterocycles. The molecule has 0 spiro atoms. The van der Waals surface area contributed by atoms with Gasteiger partial charge in [-0.25, -0.2) is 0 Å². The molecular weight excluding hydrogens is 184 g/mol. The van der Waals surface area contributed by atoms with Crippen molar-refractivity contribution in [1.82, 2.24) is 9.55 Å². The van der Waals surface area contributed by atoms with Crippen LogP contribution in [0.4, 0.5) is 0 Å². The molecule has 0 aromatic carbocycles. The first kappa shape index (κ1) is 10.2. The molecule has 0 fully saturated rings. The highest BCUT2D eigenvalue weighted by atomic mass is 32.1. The maximum atomic E-state index is 11.7. The highest BCUT2D eigenvalue weighted by Gasteiger charge is 2.10. The van der Waals surface area contributed by atoms with Gasteiger partial charge in [0, 0.05) is 18.3 Å². The summed E-state index contributed by atoms with van der Waals surface area (Å²) in [6.45, 7) is 5.88. The van der Waals surface area contributed by atoms with E-state index in [4.69, 9.17) is 12.2 Å². The van der Waals surface area contributed by atoms with Gasteiger partial charge < -0.3 is 4.98 Å². The molecule has 0 saturated heterocycles. The Balaban J connectivity index is 3.64. The lowest BCUT2D eigenvalue weighted by atomic mass is 10.0. The summed E-state index contributed by atoms with van der Waals surface area (Å²) in [5.41, 5.74) is 1.70. The van der Waals surface area contributed by atoms with Crippen molar-refractivity contribution in [3.8, 4) is 0 Å². The SMILES string of the molecule is Cc1[nH]c(=S)n(C)c(=O)c1C(C)C. The Kier molecular flexibility index (Phi) is 2.71. The van der Waals surface area contributed by atoms with Crippen molar-refractivity contribution in [2.45, 2.75) is 26.7 Å². The van der Waals surface area contributed by atoms with E-state index < -0.39 is 0 Å². The Bertz CT molecular complexity index is 428.